The van der Waals surface area contributed by atoms with Gasteiger partial charge in [0.15, 0.2) is 0 Å². The molecule has 1 heterocycles. The first kappa shape index (κ1) is 16.0. The van der Waals surface area contributed by atoms with Crippen LogP contribution in [0.5, 0.6) is 0 Å². The maximum atomic E-state index is 12.4. The molecule has 1 saturated heterocycles. The minimum atomic E-state index is -0.945. The number of rotatable bonds is 7. The third kappa shape index (κ3) is 4.20. The Labute approximate surface area is 115 Å². The maximum absolute atomic E-state index is 12.4. The van der Waals surface area contributed by atoms with Gasteiger partial charge in [0.05, 0.1) is 5.41 Å². The molecule has 3 N–H and O–H groups in total. The molecular formula is C14H26N2O3. The molecule has 5 nitrogen and oxygen atoms in total. The molecule has 0 spiro atoms. The second kappa shape index (κ2) is 6.89. The molecule has 1 rings (SSSR count). The highest BCUT2D eigenvalue weighted by atomic mass is 16.4. The summed E-state index contributed by atoms with van der Waals surface area (Å²) in [6.45, 7) is 7.45. The quantitative estimate of drug-likeness (QED) is 0.653. The van der Waals surface area contributed by atoms with Crippen LogP contribution in [0.25, 0.3) is 0 Å². The second-order valence-electron chi connectivity index (χ2n) is 5.95. The van der Waals surface area contributed by atoms with E-state index in [9.17, 15) is 14.7 Å². The summed E-state index contributed by atoms with van der Waals surface area (Å²) >= 11 is 0. The van der Waals surface area contributed by atoms with Crippen molar-refractivity contribution >= 4 is 11.9 Å². The maximum Gasteiger partial charge on any atom is 0.326 e. The second-order valence-corrected chi connectivity index (χ2v) is 5.95. The molecule has 1 amide bonds. The molecule has 1 aliphatic heterocycles. The molecule has 19 heavy (non-hydrogen) atoms. The summed E-state index contributed by atoms with van der Waals surface area (Å²) in [7, 11) is 0. The van der Waals surface area contributed by atoms with E-state index in [-0.39, 0.29) is 11.8 Å². The van der Waals surface area contributed by atoms with Gasteiger partial charge in [-0.3, -0.25) is 4.79 Å². The lowest BCUT2D eigenvalue weighted by atomic mass is 9.81. The molecule has 2 atom stereocenters. The molecule has 1 fully saturated rings. The fourth-order valence-electron chi connectivity index (χ4n) is 2.75. The number of carboxylic acid groups (broad SMARTS) is 1. The van der Waals surface area contributed by atoms with E-state index in [1.54, 1.807) is 0 Å². The van der Waals surface area contributed by atoms with Crippen molar-refractivity contribution in [2.45, 2.75) is 52.5 Å². The van der Waals surface area contributed by atoms with Crippen LogP contribution < -0.4 is 10.6 Å². The predicted molar refractivity (Wildman–Crippen MR) is 73.8 cm³/mol. The van der Waals surface area contributed by atoms with E-state index in [0.717, 1.165) is 25.8 Å². The fourth-order valence-corrected chi connectivity index (χ4v) is 2.75. The van der Waals surface area contributed by atoms with Gasteiger partial charge in [-0.25, -0.2) is 4.79 Å². The summed E-state index contributed by atoms with van der Waals surface area (Å²) in [5.41, 5.74) is -0.417. The van der Waals surface area contributed by atoms with Crippen molar-refractivity contribution in [1.82, 2.24) is 10.6 Å². The van der Waals surface area contributed by atoms with Crippen molar-refractivity contribution in [1.29, 1.82) is 0 Å². The van der Waals surface area contributed by atoms with E-state index in [2.05, 4.69) is 17.6 Å². The van der Waals surface area contributed by atoms with Crippen LogP contribution in [0.1, 0.15) is 46.5 Å². The van der Waals surface area contributed by atoms with E-state index in [1.807, 2.05) is 13.8 Å². The topological polar surface area (TPSA) is 78.4 Å². The highest BCUT2D eigenvalue weighted by Crippen LogP contribution is 2.31. The molecule has 1 unspecified atom stereocenters. The summed E-state index contributed by atoms with van der Waals surface area (Å²) < 4.78 is 0. The first-order chi connectivity index (χ1) is 8.91. The monoisotopic (exact) mass is 270 g/mol. The van der Waals surface area contributed by atoms with Crippen LogP contribution in [0, 0.1) is 11.3 Å². The highest BCUT2D eigenvalue weighted by molar-refractivity contribution is 5.87. The van der Waals surface area contributed by atoms with Gasteiger partial charge in [-0.1, -0.05) is 27.2 Å². The van der Waals surface area contributed by atoms with Crippen LogP contribution in [-0.2, 0) is 9.59 Å². The average Bonchev–Trinajstić information content (AvgIpc) is 2.77. The standard InChI is InChI=1S/C14H26N2O3/c1-4-5-14(6-7-15-9-14)13(19)16-11(12(17)18)8-10(2)3/h10-11,15H,4-9H2,1-3H3,(H,16,19)(H,17,18)/t11-,14?/m0/s1. The number of hydrogen-bond acceptors (Lipinski definition) is 3. The van der Waals surface area contributed by atoms with Gasteiger partial charge < -0.3 is 15.7 Å². The third-order valence-corrected chi connectivity index (χ3v) is 3.76. The Kier molecular flexibility index (Phi) is 5.79. The lowest BCUT2D eigenvalue weighted by Crippen LogP contribution is -2.49. The van der Waals surface area contributed by atoms with Crippen LogP contribution in [-0.4, -0.2) is 36.1 Å². The van der Waals surface area contributed by atoms with Crippen LogP contribution in [0.15, 0.2) is 0 Å². The Morgan fingerprint density at radius 2 is 2.11 bits per heavy atom. The molecule has 0 aromatic rings. The Balaban J connectivity index is 2.71. The first-order valence-electron chi connectivity index (χ1n) is 7.16. The van der Waals surface area contributed by atoms with Gasteiger partial charge in [0.1, 0.15) is 6.04 Å². The molecule has 1 aliphatic rings. The van der Waals surface area contributed by atoms with Crippen molar-refractivity contribution in [3.63, 3.8) is 0 Å². The van der Waals surface area contributed by atoms with Gasteiger partial charge in [0.2, 0.25) is 5.91 Å². The fraction of sp³-hybridized carbons (Fsp3) is 0.857. The molecule has 0 radical (unpaired) electrons. The summed E-state index contributed by atoms with van der Waals surface area (Å²) in [4.78, 5) is 23.7. The van der Waals surface area contributed by atoms with E-state index in [4.69, 9.17) is 0 Å². The van der Waals surface area contributed by atoms with Gasteiger partial charge in [0, 0.05) is 6.54 Å². The predicted octanol–water partition coefficient (Wildman–Crippen LogP) is 1.38. The van der Waals surface area contributed by atoms with Gasteiger partial charge in [-0.2, -0.15) is 0 Å². The normalized spacial score (nSPS) is 24.4. The average molecular weight is 270 g/mol. The summed E-state index contributed by atoms with van der Waals surface area (Å²) in [6, 6.07) is -0.776. The van der Waals surface area contributed by atoms with Gasteiger partial charge in [0.25, 0.3) is 0 Å². The summed E-state index contributed by atoms with van der Waals surface area (Å²) in [5.74, 6) is -0.808. The smallest absolute Gasteiger partial charge is 0.326 e. The molecule has 0 aromatic heterocycles. The summed E-state index contributed by atoms with van der Waals surface area (Å²) in [6.07, 6.45) is 2.99. The van der Waals surface area contributed by atoms with Crippen molar-refractivity contribution in [2.24, 2.45) is 11.3 Å². The van der Waals surface area contributed by atoms with E-state index >= 15 is 0 Å². The number of hydrogen-bond donors (Lipinski definition) is 3. The molecule has 0 bridgehead atoms. The molecular weight excluding hydrogens is 244 g/mol. The van der Waals surface area contributed by atoms with E-state index < -0.39 is 17.4 Å². The van der Waals surface area contributed by atoms with E-state index in [0.29, 0.717) is 13.0 Å². The molecule has 0 aliphatic carbocycles. The Hall–Kier alpha value is -1.10. The molecule has 110 valence electrons. The zero-order valence-corrected chi connectivity index (χ0v) is 12.2. The van der Waals surface area contributed by atoms with Gasteiger partial charge in [-0.05, 0) is 31.7 Å². The first-order valence-corrected chi connectivity index (χ1v) is 7.16. The summed E-state index contributed by atoms with van der Waals surface area (Å²) in [5, 5.41) is 15.1. The van der Waals surface area contributed by atoms with Crippen molar-refractivity contribution in [2.75, 3.05) is 13.1 Å². The van der Waals surface area contributed by atoms with Crippen molar-refractivity contribution in [3.05, 3.63) is 0 Å². The minimum absolute atomic E-state index is 0.104. The largest absolute Gasteiger partial charge is 0.480 e. The van der Waals surface area contributed by atoms with E-state index in [1.165, 1.54) is 0 Å². The van der Waals surface area contributed by atoms with Crippen molar-refractivity contribution in [3.8, 4) is 0 Å². The molecule has 0 aromatic carbocycles. The van der Waals surface area contributed by atoms with Crippen LogP contribution in [0.4, 0.5) is 0 Å². The molecule has 0 saturated carbocycles. The number of carbonyl (C=O) groups excluding carboxylic acids is 1. The van der Waals surface area contributed by atoms with Crippen LogP contribution in [0.3, 0.4) is 0 Å². The number of nitrogens with one attached hydrogen (secondary N) is 2. The SMILES string of the molecule is CCCC1(C(=O)N[C@@H](CC(C)C)C(=O)O)CCNC1. The number of carbonyl (C=O) groups is 2. The zero-order chi connectivity index (χ0) is 14.5. The van der Waals surface area contributed by atoms with Crippen LogP contribution in [0.2, 0.25) is 0 Å². The third-order valence-electron chi connectivity index (χ3n) is 3.76. The minimum Gasteiger partial charge on any atom is -0.480 e. The lowest BCUT2D eigenvalue weighted by molar-refractivity contribution is -0.144. The van der Waals surface area contributed by atoms with Gasteiger partial charge in [-0.15, -0.1) is 0 Å². The zero-order valence-electron chi connectivity index (χ0n) is 12.2. The van der Waals surface area contributed by atoms with Crippen molar-refractivity contribution < 1.29 is 14.7 Å². The number of aliphatic carboxylic acids is 1. The van der Waals surface area contributed by atoms with Gasteiger partial charge >= 0.3 is 5.97 Å². The lowest BCUT2D eigenvalue weighted by Gasteiger charge is -2.28. The number of carboxylic acids is 1. The Bertz CT molecular complexity index is 323. The Morgan fingerprint density at radius 3 is 2.53 bits per heavy atom. The van der Waals surface area contributed by atoms with Crippen LogP contribution >= 0.6 is 0 Å². The highest BCUT2D eigenvalue weighted by Gasteiger charge is 2.41. The Morgan fingerprint density at radius 1 is 1.42 bits per heavy atom. The molecule has 5 heteroatoms. The number of amides is 1.